The van der Waals surface area contributed by atoms with Crippen molar-refractivity contribution in [2.24, 2.45) is 0 Å². The van der Waals surface area contributed by atoms with Crippen LogP contribution in [0.25, 0.3) is 0 Å². The lowest BCUT2D eigenvalue weighted by Crippen LogP contribution is -2.62. The molecule has 2 atom stereocenters. The number of hydrogen-bond donors (Lipinski definition) is 2. The van der Waals surface area contributed by atoms with Gasteiger partial charge < -0.3 is 15.1 Å². The summed E-state index contributed by atoms with van der Waals surface area (Å²) in [4.78, 5) is 16.4. The Balaban J connectivity index is 1.73. The first-order valence-corrected chi connectivity index (χ1v) is 11.7. The molecule has 32 heavy (non-hydrogen) atoms. The number of carbonyl (C=O) groups is 1. The Hall–Kier alpha value is -2.74. The summed E-state index contributed by atoms with van der Waals surface area (Å²) in [6.07, 6.45) is 2.01. The highest BCUT2D eigenvalue weighted by Gasteiger charge is 2.46. The predicted octanol–water partition coefficient (Wildman–Crippen LogP) is 4.16. The lowest BCUT2D eigenvalue weighted by atomic mass is 9.93. The molecular formula is C25H27N3O3S. The molecule has 1 fully saturated rings. The van der Waals surface area contributed by atoms with Gasteiger partial charge in [0.15, 0.2) is 11.5 Å². The first kappa shape index (κ1) is 21.1. The van der Waals surface area contributed by atoms with Crippen molar-refractivity contribution in [1.29, 1.82) is 0 Å². The van der Waals surface area contributed by atoms with Crippen molar-refractivity contribution in [3.05, 3.63) is 89.0 Å². The van der Waals surface area contributed by atoms with E-state index in [1.807, 2.05) is 50.7 Å². The highest BCUT2D eigenvalue weighted by Crippen LogP contribution is 2.45. The van der Waals surface area contributed by atoms with Gasteiger partial charge in [-0.2, -0.15) is 5.01 Å². The minimum Gasteiger partial charge on any atom is -0.507 e. The quantitative estimate of drug-likeness (QED) is 0.682. The van der Waals surface area contributed by atoms with Gasteiger partial charge >= 0.3 is 0 Å². The van der Waals surface area contributed by atoms with Crippen LogP contribution in [-0.4, -0.2) is 49.3 Å². The molecule has 1 saturated heterocycles. The summed E-state index contributed by atoms with van der Waals surface area (Å²) >= 11 is 1.81. The Bertz CT molecular complexity index is 1090. The first-order valence-electron chi connectivity index (χ1n) is 10.7. The van der Waals surface area contributed by atoms with Crippen LogP contribution >= 0.6 is 11.8 Å². The van der Waals surface area contributed by atoms with Gasteiger partial charge in [-0.25, -0.2) is 0 Å². The molecule has 6 nitrogen and oxygen atoms in total. The van der Waals surface area contributed by atoms with Crippen LogP contribution in [0.15, 0.2) is 77.2 Å². The van der Waals surface area contributed by atoms with Gasteiger partial charge in [0, 0.05) is 22.4 Å². The molecule has 0 spiro atoms. The fourth-order valence-electron chi connectivity index (χ4n) is 4.55. The Kier molecular flexibility index (Phi) is 5.08. The minimum absolute atomic E-state index is 0.105. The summed E-state index contributed by atoms with van der Waals surface area (Å²) in [7, 11) is 0. The molecule has 5 rings (SSSR count). The van der Waals surface area contributed by atoms with Crippen LogP contribution < -0.4 is 0 Å². The molecule has 3 aliphatic rings. The lowest BCUT2D eigenvalue weighted by Gasteiger charge is -2.52. The second kappa shape index (κ2) is 7.69. The number of rotatable bonds is 1. The lowest BCUT2D eigenvalue weighted by molar-refractivity contribution is -0.158. The van der Waals surface area contributed by atoms with Crippen LogP contribution in [-0.2, 0) is 10.5 Å². The number of hydrazine groups is 1. The van der Waals surface area contributed by atoms with Crippen LogP contribution in [0, 0.1) is 0 Å². The van der Waals surface area contributed by atoms with Crippen molar-refractivity contribution in [2.45, 2.75) is 49.1 Å². The Morgan fingerprint density at radius 1 is 1.03 bits per heavy atom. The largest absolute Gasteiger partial charge is 0.507 e. The Labute approximate surface area is 192 Å². The highest BCUT2D eigenvalue weighted by atomic mass is 32.2. The van der Waals surface area contributed by atoms with E-state index in [9.17, 15) is 15.0 Å². The van der Waals surface area contributed by atoms with Gasteiger partial charge in [0.2, 0.25) is 0 Å². The van der Waals surface area contributed by atoms with Gasteiger partial charge in [-0.3, -0.25) is 9.80 Å². The van der Waals surface area contributed by atoms with Crippen molar-refractivity contribution >= 4 is 17.7 Å². The molecule has 2 N–H and O–H groups in total. The van der Waals surface area contributed by atoms with Crippen molar-refractivity contribution in [3.8, 4) is 0 Å². The normalized spacial score (nSPS) is 23.6. The summed E-state index contributed by atoms with van der Waals surface area (Å²) < 4.78 is 0. The van der Waals surface area contributed by atoms with Gasteiger partial charge in [-0.05, 0) is 49.6 Å². The number of aliphatic hydroxyl groups is 2. The van der Waals surface area contributed by atoms with E-state index in [0.717, 1.165) is 11.3 Å². The fourth-order valence-corrected chi connectivity index (χ4v) is 5.65. The number of thioether (sulfide) groups is 1. The SMILES string of the molecule is CC(C)(C)N1CN(C2c3ccccc3CSc3ccccc32)N2C=CC(O)C(O)=C2C1=O. The van der Waals surface area contributed by atoms with Crippen LogP contribution in [0.5, 0.6) is 0 Å². The van der Waals surface area contributed by atoms with E-state index in [1.165, 1.54) is 22.1 Å². The third-order valence-electron chi connectivity index (χ3n) is 6.23. The molecule has 2 aromatic carbocycles. The van der Waals surface area contributed by atoms with Crippen LogP contribution in [0.1, 0.15) is 43.5 Å². The third kappa shape index (κ3) is 3.32. The molecule has 2 aromatic rings. The number of fused-ring (bicyclic) bond motifs is 3. The first-order chi connectivity index (χ1) is 15.3. The molecule has 0 aromatic heterocycles. The summed E-state index contributed by atoms with van der Waals surface area (Å²) in [5.74, 6) is 0.252. The summed E-state index contributed by atoms with van der Waals surface area (Å²) in [5.41, 5.74) is 3.21. The summed E-state index contributed by atoms with van der Waals surface area (Å²) in [5, 5.41) is 24.9. The number of amides is 1. The second-order valence-electron chi connectivity index (χ2n) is 9.28. The van der Waals surface area contributed by atoms with E-state index in [2.05, 4.69) is 35.3 Å². The van der Waals surface area contributed by atoms with Crippen LogP contribution in [0.4, 0.5) is 0 Å². The van der Waals surface area contributed by atoms with Crippen LogP contribution in [0.3, 0.4) is 0 Å². The third-order valence-corrected chi connectivity index (χ3v) is 7.36. The van der Waals surface area contributed by atoms with E-state index in [-0.39, 0.29) is 23.4 Å². The smallest absolute Gasteiger partial charge is 0.277 e. The predicted molar refractivity (Wildman–Crippen MR) is 124 cm³/mol. The number of hydrogen-bond acceptors (Lipinski definition) is 6. The minimum atomic E-state index is -1.20. The van der Waals surface area contributed by atoms with Crippen molar-refractivity contribution in [3.63, 3.8) is 0 Å². The molecule has 3 aliphatic heterocycles. The van der Waals surface area contributed by atoms with E-state index >= 15 is 0 Å². The van der Waals surface area contributed by atoms with Crippen molar-refractivity contribution in [2.75, 3.05) is 6.67 Å². The number of benzene rings is 2. The van der Waals surface area contributed by atoms with Crippen LogP contribution in [0.2, 0.25) is 0 Å². The average molecular weight is 450 g/mol. The molecule has 2 unspecified atom stereocenters. The summed E-state index contributed by atoms with van der Waals surface area (Å²) in [6, 6.07) is 16.6. The van der Waals surface area contributed by atoms with Gasteiger partial charge in [0.25, 0.3) is 5.91 Å². The standard InChI is InChI=1S/C25H27N3O3S/c1-25(2,3)26-15-28(27-13-12-19(29)23(30)22(27)24(26)31)21-17-9-5-4-8-16(17)14-32-20-11-7-6-10-18(20)21/h4-13,19,21,29-30H,14-15H2,1-3H3. The highest BCUT2D eigenvalue weighted by molar-refractivity contribution is 7.98. The molecule has 0 radical (unpaired) electrons. The van der Waals surface area contributed by atoms with E-state index < -0.39 is 11.6 Å². The zero-order valence-electron chi connectivity index (χ0n) is 18.4. The fraction of sp³-hybridized carbons (Fsp3) is 0.320. The molecule has 1 amide bonds. The maximum Gasteiger partial charge on any atom is 0.277 e. The van der Waals surface area contributed by atoms with E-state index in [0.29, 0.717) is 6.67 Å². The van der Waals surface area contributed by atoms with Crippen molar-refractivity contribution < 1.29 is 15.0 Å². The molecule has 0 aliphatic carbocycles. The van der Waals surface area contributed by atoms with Gasteiger partial charge in [0.05, 0.1) is 12.7 Å². The second-order valence-corrected chi connectivity index (χ2v) is 10.3. The molecule has 0 saturated carbocycles. The number of nitrogens with zero attached hydrogens (tertiary/aromatic N) is 3. The van der Waals surface area contributed by atoms with Gasteiger partial charge in [-0.15, -0.1) is 11.8 Å². The zero-order chi connectivity index (χ0) is 22.6. The van der Waals surface area contributed by atoms with Gasteiger partial charge in [-0.1, -0.05) is 42.5 Å². The van der Waals surface area contributed by atoms with Gasteiger partial charge in [0.1, 0.15) is 6.10 Å². The molecule has 3 heterocycles. The summed E-state index contributed by atoms with van der Waals surface area (Å²) in [6.45, 7) is 6.29. The molecule has 7 heteroatoms. The zero-order valence-corrected chi connectivity index (χ0v) is 19.2. The maximum absolute atomic E-state index is 13.4. The van der Waals surface area contributed by atoms with E-state index in [4.69, 9.17) is 0 Å². The topological polar surface area (TPSA) is 67.2 Å². The Morgan fingerprint density at radius 2 is 1.72 bits per heavy atom. The average Bonchev–Trinajstić information content (AvgIpc) is 2.93. The monoisotopic (exact) mass is 449 g/mol. The molecule has 0 bridgehead atoms. The Morgan fingerprint density at radius 3 is 2.47 bits per heavy atom. The maximum atomic E-state index is 13.4. The number of aliphatic hydroxyl groups excluding tert-OH is 2. The number of carbonyl (C=O) groups excluding carboxylic acids is 1. The van der Waals surface area contributed by atoms with Crippen molar-refractivity contribution in [1.82, 2.24) is 14.9 Å². The molecule has 166 valence electrons. The molecular weight excluding hydrogens is 422 g/mol. The van der Waals surface area contributed by atoms with E-state index in [1.54, 1.807) is 16.1 Å².